The third kappa shape index (κ3) is 14.4. The zero-order valence-corrected chi connectivity index (χ0v) is 40.3. The van der Waals surface area contributed by atoms with E-state index in [1.807, 2.05) is 42.6 Å². The molecule has 6 rings (SSSR count). The molecule has 0 N–H and O–H groups in total. The van der Waals surface area contributed by atoms with E-state index >= 15 is 0 Å². The van der Waals surface area contributed by atoms with Gasteiger partial charge in [0.05, 0.1) is 0 Å². The molecule has 18 heteroatoms. The monoisotopic (exact) mass is 1080 g/mol. The number of para-hydroxylation sites is 2. The van der Waals surface area contributed by atoms with Gasteiger partial charge >= 0.3 is 149 Å². The molecular weight excluding hydrogens is 1030 g/mol. The van der Waals surface area contributed by atoms with Crippen LogP contribution in [0.2, 0.25) is 13.3 Å². The molecule has 0 atom stereocenters. The number of aryl methyl sites for hydroxylation is 2. The Morgan fingerprint density at radius 2 is 1.00 bits per heavy atom. The SMILES string of the molecule is CCC[CH2][Sn]([CH2]CCC)([CH2]CCC)[c]1cn(C)nc1C(F)(F)F.Cn1cc(-c2ccc(=O)n(-c3ccccc3)c2)c(C(F)(F)F)n1.N#N.O=c1ccc(I)cn1-c1ccccc1. The molecule has 6 aromatic rings. The maximum Gasteiger partial charge on any atom is 0.435 e. The molecule has 0 amide bonds. The van der Waals surface area contributed by atoms with Crippen molar-refractivity contribution in [2.75, 3.05) is 0 Å². The molecule has 0 spiro atoms. The summed E-state index contributed by atoms with van der Waals surface area (Å²) in [5.41, 5.74) is -0.197. The molecule has 10 nitrogen and oxygen atoms in total. The van der Waals surface area contributed by atoms with E-state index in [4.69, 9.17) is 10.8 Å². The molecule has 332 valence electrons. The van der Waals surface area contributed by atoms with Crippen LogP contribution in [0.3, 0.4) is 0 Å². The molecular formula is C44H51F6IN8O2Sn. The van der Waals surface area contributed by atoms with Gasteiger partial charge in [0.25, 0.3) is 11.1 Å². The van der Waals surface area contributed by atoms with Crippen LogP contribution >= 0.6 is 22.6 Å². The van der Waals surface area contributed by atoms with Gasteiger partial charge in [-0.15, -0.1) is 0 Å². The molecule has 0 bridgehead atoms. The predicted octanol–water partition coefficient (Wildman–Crippen LogP) is 11.2. The molecule has 0 fully saturated rings. The Labute approximate surface area is 375 Å². The average Bonchev–Trinajstić information content (AvgIpc) is 3.87. The number of unbranched alkanes of at least 4 members (excludes halogenated alkanes) is 3. The zero-order chi connectivity index (χ0) is 46.1. The van der Waals surface area contributed by atoms with Crippen molar-refractivity contribution < 1.29 is 26.3 Å². The van der Waals surface area contributed by atoms with E-state index < -0.39 is 42.1 Å². The molecule has 4 aromatic heterocycles. The van der Waals surface area contributed by atoms with Crippen molar-refractivity contribution in [1.82, 2.24) is 28.7 Å². The number of pyridine rings is 2. The van der Waals surface area contributed by atoms with Crippen LogP contribution in [0, 0.1) is 14.4 Å². The van der Waals surface area contributed by atoms with Gasteiger partial charge in [-0.05, 0) is 59.0 Å². The zero-order valence-electron chi connectivity index (χ0n) is 35.3. The number of hydrogen-bond acceptors (Lipinski definition) is 6. The van der Waals surface area contributed by atoms with Gasteiger partial charge < -0.3 is 0 Å². The van der Waals surface area contributed by atoms with E-state index in [0.29, 0.717) is 9.27 Å². The standard InChI is InChI=1S/C16H12F3N3O.C11H8INO.C5H4F3N2.3C4H9.N2.Sn/c1-21-10-13(15(20-21)16(17,18)19)11-7-8-14(23)22(9-11)12-5-3-2-4-6-12;12-9-6-7-11(14)13(8-9)10-4-2-1-3-5-10;1-10-3-2-4(9-10)5(6,7)8;3*1-3-4-2;1-2;/h2-10H,1H3;1-8H;3H,1H3;3*1,3-4H2,2H3;;. The third-order valence-electron chi connectivity index (χ3n) is 9.96. The van der Waals surface area contributed by atoms with Crippen LogP contribution in [0.1, 0.15) is 70.7 Å². The van der Waals surface area contributed by atoms with Gasteiger partial charge in [-0.3, -0.25) is 23.4 Å². The maximum atomic E-state index is 13.5. The van der Waals surface area contributed by atoms with Crippen LogP contribution in [-0.2, 0) is 26.4 Å². The van der Waals surface area contributed by atoms with Crippen molar-refractivity contribution in [3.63, 3.8) is 0 Å². The van der Waals surface area contributed by atoms with E-state index in [0.717, 1.165) is 65.8 Å². The number of aromatic nitrogens is 6. The minimum Gasteiger partial charge on any atom is -0.284 e. The summed E-state index contributed by atoms with van der Waals surface area (Å²) in [5.74, 6) is 0. The Morgan fingerprint density at radius 3 is 1.45 bits per heavy atom. The summed E-state index contributed by atoms with van der Waals surface area (Å²) in [7, 11) is 3.04. The Balaban J connectivity index is 0.000000250. The van der Waals surface area contributed by atoms with E-state index in [1.165, 1.54) is 40.8 Å². The number of benzene rings is 2. The van der Waals surface area contributed by atoms with Gasteiger partial charge in [0.1, 0.15) is 0 Å². The molecule has 0 saturated heterocycles. The summed E-state index contributed by atoms with van der Waals surface area (Å²) < 4.78 is 90.1. The Bertz CT molecular complexity index is 2410. The minimum atomic E-state index is -4.57. The summed E-state index contributed by atoms with van der Waals surface area (Å²) in [6, 6.07) is 24.3. The Kier molecular flexibility index (Phi) is 20.2. The predicted molar refractivity (Wildman–Crippen MR) is 240 cm³/mol. The smallest absolute Gasteiger partial charge is 0.284 e. The number of alkyl halides is 6. The number of nitrogens with zero attached hydrogens (tertiary/aromatic N) is 8. The fourth-order valence-corrected chi connectivity index (χ4v) is 24.0. The van der Waals surface area contributed by atoms with Gasteiger partial charge in [-0.1, -0.05) is 36.4 Å². The van der Waals surface area contributed by atoms with Crippen LogP contribution in [-0.4, -0.2) is 47.1 Å². The molecule has 0 radical (unpaired) electrons. The molecule has 0 aliphatic rings. The molecule has 0 saturated carbocycles. The largest absolute Gasteiger partial charge is 0.435 e. The summed E-state index contributed by atoms with van der Waals surface area (Å²) in [6.07, 6.45) is 3.64. The van der Waals surface area contributed by atoms with Crippen molar-refractivity contribution in [3.05, 3.63) is 145 Å². The average molecular weight is 1080 g/mol. The van der Waals surface area contributed by atoms with Gasteiger partial charge in [-0.25, -0.2) is 0 Å². The first kappa shape index (κ1) is 51.6. The quantitative estimate of drug-likeness (QED) is 0.0490. The van der Waals surface area contributed by atoms with Crippen molar-refractivity contribution in [2.24, 2.45) is 14.1 Å². The first-order valence-corrected chi connectivity index (χ1v) is 28.6. The number of halogens is 7. The van der Waals surface area contributed by atoms with Gasteiger partial charge in [0.15, 0.2) is 5.69 Å². The fraction of sp³-hybridized carbons (Fsp3) is 0.364. The molecule has 2 aromatic carbocycles. The van der Waals surface area contributed by atoms with Crippen LogP contribution in [0.15, 0.2) is 119 Å². The van der Waals surface area contributed by atoms with Crippen LogP contribution < -0.4 is 14.7 Å². The van der Waals surface area contributed by atoms with E-state index in [9.17, 15) is 35.9 Å². The molecule has 62 heavy (non-hydrogen) atoms. The van der Waals surface area contributed by atoms with Gasteiger partial charge in [0, 0.05) is 74.6 Å². The van der Waals surface area contributed by atoms with E-state index in [1.54, 1.807) is 54.2 Å². The van der Waals surface area contributed by atoms with Gasteiger partial charge in [0.2, 0.25) is 0 Å². The van der Waals surface area contributed by atoms with Crippen molar-refractivity contribution in [2.45, 2.75) is 85.0 Å². The second-order valence-corrected chi connectivity index (χ2v) is 28.9. The summed E-state index contributed by atoms with van der Waals surface area (Å²) in [6.45, 7) is 6.39. The topological polar surface area (TPSA) is 127 Å². The number of hydrogen-bond donors (Lipinski definition) is 0. The fourth-order valence-electron chi connectivity index (χ4n) is 7.01. The first-order valence-electron chi connectivity index (χ1n) is 20.1. The van der Waals surface area contributed by atoms with Gasteiger partial charge in [-0.2, -0.15) is 18.3 Å². The number of rotatable bonds is 13. The third-order valence-corrected chi connectivity index (χ3v) is 26.1. The Hall–Kier alpha value is -4.71. The van der Waals surface area contributed by atoms with Crippen molar-refractivity contribution >= 4 is 44.5 Å². The van der Waals surface area contributed by atoms with Crippen molar-refractivity contribution in [3.8, 4) is 22.5 Å². The minimum absolute atomic E-state index is 0.00313. The first-order chi connectivity index (χ1) is 29.4. The summed E-state index contributed by atoms with van der Waals surface area (Å²) in [4.78, 5) is 23.5. The molecule has 0 aliphatic heterocycles. The second-order valence-electron chi connectivity index (χ2n) is 14.6. The van der Waals surface area contributed by atoms with Crippen LogP contribution in [0.25, 0.3) is 22.5 Å². The molecule has 0 unspecified atom stereocenters. The van der Waals surface area contributed by atoms with E-state index in [-0.39, 0.29) is 22.2 Å². The van der Waals surface area contributed by atoms with Crippen LogP contribution in [0.5, 0.6) is 0 Å². The maximum absolute atomic E-state index is 13.5. The Morgan fingerprint density at radius 1 is 0.581 bits per heavy atom. The summed E-state index contributed by atoms with van der Waals surface area (Å²) in [5, 5.41) is 19.3. The van der Waals surface area contributed by atoms with Crippen molar-refractivity contribution in [1.29, 1.82) is 10.8 Å². The van der Waals surface area contributed by atoms with Crippen LogP contribution in [0.4, 0.5) is 26.3 Å². The summed E-state index contributed by atoms with van der Waals surface area (Å²) >= 11 is -0.895. The molecule has 0 aliphatic carbocycles. The second kappa shape index (κ2) is 24.2. The van der Waals surface area contributed by atoms with E-state index in [2.05, 4.69) is 53.6 Å². The molecule has 4 heterocycles. The normalized spacial score (nSPS) is 11.4.